The van der Waals surface area contributed by atoms with Crippen LogP contribution in [0.5, 0.6) is 0 Å². The summed E-state index contributed by atoms with van der Waals surface area (Å²) in [5.74, 6) is -0.360. The summed E-state index contributed by atoms with van der Waals surface area (Å²) in [4.78, 5) is 18.9. The average Bonchev–Trinajstić information content (AvgIpc) is 2.73. The summed E-state index contributed by atoms with van der Waals surface area (Å²) in [5.41, 5.74) is 1.81. The highest BCUT2D eigenvalue weighted by Crippen LogP contribution is 2.22. The number of hydrogen-bond donors (Lipinski definition) is 0. The molecular formula is C22H22N2O3S. The number of pyridine rings is 1. The van der Waals surface area contributed by atoms with Crippen molar-refractivity contribution in [2.75, 3.05) is 7.05 Å². The summed E-state index contributed by atoms with van der Waals surface area (Å²) in [7, 11) is -1.86. The summed E-state index contributed by atoms with van der Waals surface area (Å²) in [6, 6.07) is 20.5. The predicted octanol–water partition coefficient (Wildman–Crippen LogP) is 3.89. The van der Waals surface area contributed by atoms with Crippen molar-refractivity contribution in [1.82, 2.24) is 9.88 Å². The minimum atomic E-state index is -3.55. The van der Waals surface area contributed by atoms with Crippen LogP contribution in [0.2, 0.25) is 0 Å². The first-order chi connectivity index (χ1) is 13.4. The van der Waals surface area contributed by atoms with Crippen LogP contribution in [0.25, 0.3) is 0 Å². The van der Waals surface area contributed by atoms with Gasteiger partial charge in [-0.2, -0.15) is 0 Å². The van der Waals surface area contributed by atoms with Gasteiger partial charge in [0.2, 0.25) is 0 Å². The quantitative estimate of drug-likeness (QED) is 0.636. The smallest absolute Gasteiger partial charge is 0.254 e. The van der Waals surface area contributed by atoms with E-state index in [0.717, 1.165) is 5.69 Å². The van der Waals surface area contributed by atoms with Crippen LogP contribution in [0.3, 0.4) is 0 Å². The molecule has 0 radical (unpaired) electrons. The molecular weight excluding hydrogens is 372 g/mol. The summed E-state index contributed by atoms with van der Waals surface area (Å²) in [5, 5.41) is 0. The maximum absolute atomic E-state index is 12.9. The van der Waals surface area contributed by atoms with E-state index in [1.54, 1.807) is 54.5 Å². The lowest BCUT2D eigenvalue weighted by Gasteiger charge is -2.24. The highest BCUT2D eigenvalue weighted by atomic mass is 32.2. The number of benzene rings is 2. The minimum Gasteiger partial charge on any atom is -0.333 e. The lowest BCUT2D eigenvalue weighted by atomic mass is 10.1. The van der Waals surface area contributed by atoms with Crippen molar-refractivity contribution in [3.63, 3.8) is 0 Å². The van der Waals surface area contributed by atoms with Crippen molar-refractivity contribution in [2.45, 2.75) is 23.6 Å². The lowest BCUT2D eigenvalue weighted by Crippen LogP contribution is -2.30. The molecule has 6 heteroatoms. The number of sulfone groups is 1. The molecule has 1 unspecified atom stereocenters. The second kappa shape index (κ2) is 8.35. The van der Waals surface area contributed by atoms with Crippen LogP contribution in [-0.2, 0) is 15.6 Å². The highest BCUT2D eigenvalue weighted by Gasteiger charge is 2.22. The zero-order chi connectivity index (χ0) is 20.1. The molecule has 0 N–H and O–H groups in total. The lowest BCUT2D eigenvalue weighted by molar-refractivity contribution is 0.0739. The number of carbonyl (C=O) groups is 1. The van der Waals surface area contributed by atoms with Gasteiger partial charge in [-0.1, -0.05) is 42.5 Å². The molecule has 1 aromatic heterocycles. The Kier molecular flexibility index (Phi) is 5.90. The molecule has 0 fully saturated rings. The largest absolute Gasteiger partial charge is 0.333 e. The minimum absolute atomic E-state index is 0.105. The first-order valence-corrected chi connectivity index (χ1v) is 10.6. The van der Waals surface area contributed by atoms with Crippen LogP contribution >= 0.6 is 0 Å². The van der Waals surface area contributed by atoms with Crippen LogP contribution in [0.1, 0.15) is 34.6 Å². The summed E-state index contributed by atoms with van der Waals surface area (Å²) in [6.45, 7) is 1.89. The highest BCUT2D eigenvalue weighted by molar-refractivity contribution is 7.90. The molecule has 1 heterocycles. The van der Waals surface area contributed by atoms with Crippen molar-refractivity contribution in [3.05, 3.63) is 95.8 Å². The molecule has 0 aliphatic rings. The van der Waals surface area contributed by atoms with E-state index in [1.807, 2.05) is 31.2 Å². The van der Waals surface area contributed by atoms with Crippen molar-refractivity contribution in [1.29, 1.82) is 0 Å². The fourth-order valence-corrected chi connectivity index (χ4v) is 4.29. The molecule has 144 valence electrons. The van der Waals surface area contributed by atoms with Crippen LogP contribution in [0, 0.1) is 0 Å². The Hall–Kier alpha value is -2.99. The zero-order valence-electron chi connectivity index (χ0n) is 15.8. The van der Waals surface area contributed by atoms with E-state index < -0.39 is 9.84 Å². The molecule has 2 aromatic carbocycles. The van der Waals surface area contributed by atoms with E-state index >= 15 is 0 Å². The fourth-order valence-electron chi connectivity index (χ4n) is 2.90. The Morgan fingerprint density at radius 3 is 2.39 bits per heavy atom. The van der Waals surface area contributed by atoms with Gasteiger partial charge in [-0.3, -0.25) is 9.78 Å². The van der Waals surface area contributed by atoms with Crippen LogP contribution in [-0.4, -0.2) is 31.3 Å². The fraction of sp³-hybridized carbons (Fsp3) is 0.182. The van der Waals surface area contributed by atoms with Gasteiger partial charge in [0.15, 0.2) is 9.84 Å². The molecule has 3 rings (SSSR count). The Labute approximate surface area is 165 Å². The standard InChI is InChI=1S/C22H22N2O3S/c1-17(21-13-6-7-14-23-21)24(2)22(25)19-11-8-12-20(15-19)28(26,27)16-18-9-4-3-5-10-18/h3-15,17H,16H2,1-2H3. The van der Waals surface area contributed by atoms with Gasteiger partial charge in [-0.05, 0) is 42.8 Å². The van der Waals surface area contributed by atoms with E-state index in [-0.39, 0.29) is 22.6 Å². The number of hydrogen-bond acceptors (Lipinski definition) is 4. The third-order valence-corrected chi connectivity index (χ3v) is 6.34. The van der Waals surface area contributed by atoms with Crippen molar-refractivity contribution in [2.24, 2.45) is 0 Å². The van der Waals surface area contributed by atoms with Gasteiger partial charge in [0, 0.05) is 18.8 Å². The summed E-state index contributed by atoms with van der Waals surface area (Å²) in [6.07, 6.45) is 1.68. The summed E-state index contributed by atoms with van der Waals surface area (Å²) < 4.78 is 25.5. The van der Waals surface area contributed by atoms with Gasteiger partial charge in [-0.15, -0.1) is 0 Å². The van der Waals surface area contributed by atoms with Crippen LogP contribution < -0.4 is 0 Å². The Balaban J connectivity index is 1.83. The topological polar surface area (TPSA) is 67.3 Å². The van der Waals surface area contributed by atoms with Gasteiger partial charge < -0.3 is 4.90 Å². The number of aromatic nitrogens is 1. The van der Waals surface area contributed by atoms with Gasteiger partial charge in [0.05, 0.1) is 22.4 Å². The molecule has 1 atom stereocenters. The van der Waals surface area contributed by atoms with E-state index in [4.69, 9.17) is 0 Å². The van der Waals surface area contributed by atoms with Crippen LogP contribution in [0.15, 0.2) is 83.9 Å². The Morgan fingerprint density at radius 1 is 1.00 bits per heavy atom. The SMILES string of the molecule is CC(c1ccccn1)N(C)C(=O)c1cccc(S(=O)(=O)Cc2ccccc2)c1. The number of carbonyl (C=O) groups excluding carboxylic acids is 1. The second-order valence-electron chi connectivity index (χ2n) is 6.62. The Morgan fingerprint density at radius 2 is 1.71 bits per heavy atom. The first kappa shape index (κ1) is 19.8. The summed E-state index contributed by atoms with van der Waals surface area (Å²) >= 11 is 0. The van der Waals surface area contributed by atoms with Gasteiger partial charge >= 0.3 is 0 Å². The first-order valence-electron chi connectivity index (χ1n) is 8.93. The van der Waals surface area contributed by atoms with Crippen molar-refractivity contribution < 1.29 is 13.2 Å². The predicted molar refractivity (Wildman–Crippen MR) is 109 cm³/mol. The van der Waals surface area contributed by atoms with Crippen molar-refractivity contribution >= 4 is 15.7 Å². The molecule has 0 aliphatic carbocycles. The Bertz CT molecular complexity index is 1050. The molecule has 3 aromatic rings. The number of nitrogens with zero attached hydrogens (tertiary/aromatic N) is 2. The average molecular weight is 394 g/mol. The van der Waals surface area contributed by atoms with E-state index in [1.165, 1.54) is 12.1 Å². The van der Waals surface area contributed by atoms with E-state index in [9.17, 15) is 13.2 Å². The maximum atomic E-state index is 12.9. The van der Waals surface area contributed by atoms with Gasteiger partial charge in [0.25, 0.3) is 5.91 Å². The second-order valence-corrected chi connectivity index (χ2v) is 8.61. The molecule has 1 amide bonds. The maximum Gasteiger partial charge on any atom is 0.254 e. The number of rotatable bonds is 6. The molecule has 28 heavy (non-hydrogen) atoms. The third kappa shape index (κ3) is 4.46. The molecule has 0 saturated carbocycles. The molecule has 5 nitrogen and oxygen atoms in total. The van der Waals surface area contributed by atoms with E-state index in [2.05, 4.69) is 4.98 Å². The van der Waals surface area contributed by atoms with Crippen LogP contribution in [0.4, 0.5) is 0 Å². The van der Waals surface area contributed by atoms with E-state index in [0.29, 0.717) is 11.1 Å². The van der Waals surface area contributed by atoms with Gasteiger partial charge in [-0.25, -0.2) is 8.42 Å². The monoisotopic (exact) mass is 394 g/mol. The molecule has 0 saturated heterocycles. The van der Waals surface area contributed by atoms with Crippen molar-refractivity contribution in [3.8, 4) is 0 Å². The molecule has 0 spiro atoms. The number of amides is 1. The molecule has 0 bridgehead atoms. The van der Waals surface area contributed by atoms with Gasteiger partial charge in [0.1, 0.15) is 0 Å². The zero-order valence-corrected chi connectivity index (χ0v) is 16.6. The molecule has 0 aliphatic heterocycles. The third-order valence-electron chi connectivity index (χ3n) is 4.66. The normalized spacial score (nSPS) is 12.4.